The lowest BCUT2D eigenvalue weighted by molar-refractivity contribution is 0.308. The Hall–Kier alpha value is -4.39. The molecule has 0 radical (unpaired) electrons. The molecule has 0 aliphatic carbocycles. The van der Waals surface area contributed by atoms with E-state index >= 15 is 0 Å². The normalized spacial score (nSPS) is 11.0. The van der Waals surface area contributed by atoms with Crippen molar-refractivity contribution in [3.8, 4) is 28.4 Å². The molecule has 5 rings (SSSR count). The van der Waals surface area contributed by atoms with Crippen LogP contribution in [0.1, 0.15) is 17.0 Å². The molecule has 0 atom stereocenters. The summed E-state index contributed by atoms with van der Waals surface area (Å²) in [6.07, 6.45) is 1.70. The zero-order chi connectivity index (χ0) is 23.7. The first-order valence-electron chi connectivity index (χ1n) is 11.0. The SMILES string of the molecule is COc1cccc(-n2nc(-c3c(C)nc4c(OCc5ccccc5)cccn4c3=O)cc2C)c1. The van der Waals surface area contributed by atoms with Crippen LogP contribution in [-0.4, -0.2) is 26.3 Å². The third kappa shape index (κ3) is 3.92. The molecule has 0 saturated carbocycles. The topological polar surface area (TPSA) is 70.7 Å². The van der Waals surface area contributed by atoms with Crippen molar-refractivity contribution in [2.45, 2.75) is 20.5 Å². The molecule has 34 heavy (non-hydrogen) atoms. The zero-order valence-corrected chi connectivity index (χ0v) is 19.2. The number of hydrogen-bond donors (Lipinski definition) is 0. The summed E-state index contributed by atoms with van der Waals surface area (Å²) in [6, 6.07) is 23.0. The van der Waals surface area contributed by atoms with E-state index in [1.807, 2.05) is 80.6 Å². The van der Waals surface area contributed by atoms with E-state index < -0.39 is 0 Å². The fourth-order valence-corrected chi connectivity index (χ4v) is 3.99. The van der Waals surface area contributed by atoms with E-state index in [0.717, 1.165) is 22.7 Å². The number of nitrogens with zero attached hydrogens (tertiary/aromatic N) is 4. The molecule has 0 N–H and O–H groups in total. The van der Waals surface area contributed by atoms with Gasteiger partial charge in [-0.25, -0.2) is 9.67 Å². The molecule has 0 aliphatic heterocycles. The molecule has 7 heteroatoms. The lowest BCUT2D eigenvalue weighted by Gasteiger charge is -2.11. The molecule has 0 fully saturated rings. The molecule has 0 unspecified atom stereocenters. The van der Waals surface area contributed by atoms with Crippen molar-refractivity contribution in [3.63, 3.8) is 0 Å². The highest BCUT2D eigenvalue weighted by Crippen LogP contribution is 2.25. The predicted octanol–water partition coefficient (Wildman–Crippen LogP) is 4.75. The van der Waals surface area contributed by atoms with Crippen LogP contribution in [0.25, 0.3) is 22.6 Å². The number of aromatic nitrogens is 4. The Labute approximate surface area is 196 Å². The van der Waals surface area contributed by atoms with Crippen LogP contribution in [0.5, 0.6) is 11.5 Å². The van der Waals surface area contributed by atoms with Crippen LogP contribution in [0.4, 0.5) is 0 Å². The highest BCUT2D eigenvalue weighted by atomic mass is 16.5. The number of ether oxygens (including phenoxy) is 2. The molecule has 0 saturated heterocycles. The number of pyridine rings is 1. The summed E-state index contributed by atoms with van der Waals surface area (Å²) in [7, 11) is 1.63. The average molecular weight is 453 g/mol. The van der Waals surface area contributed by atoms with Crippen molar-refractivity contribution in [1.29, 1.82) is 0 Å². The van der Waals surface area contributed by atoms with Crippen molar-refractivity contribution < 1.29 is 9.47 Å². The van der Waals surface area contributed by atoms with Crippen LogP contribution in [-0.2, 0) is 6.61 Å². The van der Waals surface area contributed by atoms with Crippen LogP contribution in [0.2, 0.25) is 0 Å². The minimum Gasteiger partial charge on any atom is -0.497 e. The zero-order valence-electron chi connectivity index (χ0n) is 19.2. The molecular weight excluding hydrogens is 428 g/mol. The third-order valence-corrected chi connectivity index (χ3v) is 5.68. The molecule has 0 bridgehead atoms. The van der Waals surface area contributed by atoms with Crippen LogP contribution < -0.4 is 15.0 Å². The van der Waals surface area contributed by atoms with Gasteiger partial charge in [0.2, 0.25) is 0 Å². The number of fused-ring (bicyclic) bond motifs is 1. The molecule has 0 spiro atoms. The number of hydrogen-bond acceptors (Lipinski definition) is 5. The highest BCUT2D eigenvalue weighted by Gasteiger charge is 2.18. The quantitative estimate of drug-likeness (QED) is 0.372. The smallest absolute Gasteiger partial charge is 0.267 e. The highest BCUT2D eigenvalue weighted by molar-refractivity contribution is 5.66. The van der Waals surface area contributed by atoms with E-state index in [4.69, 9.17) is 19.6 Å². The maximum atomic E-state index is 13.5. The van der Waals surface area contributed by atoms with E-state index in [9.17, 15) is 4.79 Å². The van der Waals surface area contributed by atoms with E-state index in [2.05, 4.69) is 0 Å². The van der Waals surface area contributed by atoms with Crippen molar-refractivity contribution in [2.75, 3.05) is 7.11 Å². The van der Waals surface area contributed by atoms with E-state index in [0.29, 0.717) is 35.0 Å². The summed E-state index contributed by atoms with van der Waals surface area (Å²) in [5, 5.41) is 4.73. The van der Waals surface area contributed by atoms with Crippen molar-refractivity contribution in [1.82, 2.24) is 19.2 Å². The van der Waals surface area contributed by atoms with Gasteiger partial charge in [-0.3, -0.25) is 9.20 Å². The summed E-state index contributed by atoms with van der Waals surface area (Å²) in [5.41, 5.74) is 4.70. The second-order valence-electron chi connectivity index (χ2n) is 8.00. The maximum Gasteiger partial charge on any atom is 0.267 e. The molecule has 5 aromatic rings. The molecule has 170 valence electrons. The Balaban J connectivity index is 1.56. The van der Waals surface area contributed by atoms with Gasteiger partial charge in [-0.15, -0.1) is 0 Å². The molecule has 7 nitrogen and oxygen atoms in total. The molecule has 3 aromatic heterocycles. The first-order chi connectivity index (χ1) is 16.5. The van der Waals surface area contributed by atoms with Gasteiger partial charge >= 0.3 is 0 Å². The van der Waals surface area contributed by atoms with E-state index in [-0.39, 0.29) is 5.56 Å². The number of aryl methyl sites for hydroxylation is 2. The number of methoxy groups -OCH3 is 1. The van der Waals surface area contributed by atoms with Crippen LogP contribution in [0.15, 0.2) is 83.8 Å². The van der Waals surface area contributed by atoms with Crippen LogP contribution >= 0.6 is 0 Å². The summed E-state index contributed by atoms with van der Waals surface area (Å²) in [6.45, 7) is 4.17. The Morgan fingerprint density at radius 3 is 2.56 bits per heavy atom. The third-order valence-electron chi connectivity index (χ3n) is 5.68. The van der Waals surface area contributed by atoms with Crippen LogP contribution in [0.3, 0.4) is 0 Å². The summed E-state index contributed by atoms with van der Waals surface area (Å²) >= 11 is 0. The Morgan fingerprint density at radius 2 is 1.76 bits per heavy atom. The van der Waals surface area contributed by atoms with Gasteiger partial charge in [-0.05, 0) is 49.7 Å². The van der Waals surface area contributed by atoms with Gasteiger partial charge in [0, 0.05) is 18.0 Å². The average Bonchev–Trinajstić information content (AvgIpc) is 3.24. The minimum atomic E-state index is -0.192. The molecular formula is C27H24N4O3. The van der Waals surface area contributed by atoms with Gasteiger partial charge in [0.1, 0.15) is 18.1 Å². The standard InChI is InChI=1S/C27H24N4O3/c1-18-15-23(29-31(18)21-11-7-12-22(16-21)33-3)25-19(2)28-26-24(13-8-14-30(26)27(25)32)34-17-20-9-5-4-6-10-20/h4-16H,17H2,1-3H3. The maximum absolute atomic E-state index is 13.5. The monoisotopic (exact) mass is 452 g/mol. The predicted molar refractivity (Wildman–Crippen MR) is 131 cm³/mol. The van der Waals surface area contributed by atoms with E-state index in [1.54, 1.807) is 24.1 Å². The summed E-state index contributed by atoms with van der Waals surface area (Å²) < 4.78 is 14.7. The van der Waals surface area contributed by atoms with Gasteiger partial charge in [0.05, 0.1) is 24.1 Å². The van der Waals surface area contributed by atoms with Crippen molar-refractivity contribution >= 4 is 5.65 Å². The second-order valence-corrected chi connectivity index (χ2v) is 8.00. The fourth-order valence-electron chi connectivity index (χ4n) is 3.99. The van der Waals surface area contributed by atoms with Crippen molar-refractivity contribution in [2.24, 2.45) is 0 Å². The second kappa shape index (κ2) is 8.86. The van der Waals surface area contributed by atoms with Gasteiger partial charge in [0.15, 0.2) is 11.4 Å². The Kier molecular flexibility index (Phi) is 5.59. The van der Waals surface area contributed by atoms with Gasteiger partial charge in [-0.1, -0.05) is 36.4 Å². The number of rotatable bonds is 6. The minimum absolute atomic E-state index is 0.192. The number of benzene rings is 2. The Bertz CT molecular complexity index is 1540. The first-order valence-corrected chi connectivity index (χ1v) is 11.0. The summed E-state index contributed by atoms with van der Waals surface area (Å²) in [5.74, 6) is 1.29. The largest absolute Gasteiger partial charge is 0.497 e. The molecule has 0 aliphatic rings. The summed E-state index contributed by atoms with van der Waals surface area (Å²) in [4.78, 5) is 18.3. The first kappa shape index (κ1) is 21.5. The lowest BCUT2D eigenvalue weighted by Crippen LogP contribution is -2.19. The van der Waals surface area contributed by atoms with E-state index in [1.165, 1.54) is 4.40 Å². The van der Waals surface area contributed by atoms with Gasteiger partial charge in [0.25, 0.3) is 5.56 Å². The van der Waals surface area contributed by atoms with Gasteiger partial charge in [-0.2, -0.15) is 5.10 Å². The fraction of sp³-hybridized carbons (Fsp3) is 0.148. The van der Waals surface area contributed by atoms with Gasteiger partial charge < -0.3 is 9.47 Å². The van der Waals surface area contributed by atoms with Crippen LogP contribution in [0, 0.1) is 13.8 Å². The molecule has 2 aromatic carbocycles. The molecule has 3 heterocycles. The lowest BCUT2D eigenvalue weighted by atomic mass is 10.1. The Morgan fingerprint density at radius 1 is 0.941 bits per heavy atom. The van der Waals surface area contributed by atoms with Crippen molar-refractivity contribution in [3.05, 3.63) is 106 Å². The molecule has 0 amide bonds.